The first-order valence-electron chi connectivity index (χ1n) is 4.09. The van der Waals surface area contributed by atoms with Crippen molar-refractivity contribution in [3.63, 3.8) is 0 Å². The van der Waals surface area contributed by atoms with Gasteiger partial charge in [0, 0.05) is 13.2 Å². The molecule has 0 aliphatic heterocycles. The number of nitrogens with zero attached hydrogens (tertiary/aromatic N) is 1. The predicted molar refractivity (Wildman–Crippen MR) is 61.5 cm³/mol. The molecule has 14 heavy (non-hydrogen) atoms. The maximum atomic E-state index is 11.0. The maximum Gasteiger partial charge on any atom is 0.230 e. The van der Waals surface area contributed by atoms with Crippen molar-refractivity contribution in [1.82, 2.24) is 10.3 Å². The first kappa shape index (κ1) is 11.5. The lowest BCUT2D eigenvalue weighted by Crippen LogP contribution is -2.19. The van der Waals surface area contributed by atoms with Crippen molar-refractivity contribution in [3.8, 4) is 0 Å². The molecule has 1 aromatic rings. The fraction of sp³-hybridized carbons (Fsp3) is 0.333. The van der Waals surface area contributed by atoms with Crippen LogP contribution < -0.4 is 5.32 Å². The minimum absolute atomic E-state index is 0.00482. The molecule has 0 unspecified atom stereocenters. The van der Waals surface area contributed by atoms with Gasteiger partial charge in [0.2, 0.25) is 5.91 Å². The first-order chi connectivity index (χ1) is 6.65. The summed E-state index contributed by atoms with van der Waals surface area (Å²) in [5.74, 6) is 0.399. The van der Waals surface area contributed by atoms with E-state index in [1.807, 2.05) is 13.0 Å². The summed E-state index contributed by atoms with van der Waals surface area (Å²) in [7, 11) is 1.63. The number of aromatic nitrogens is 1. The molecule has 3 nitrogen and oxygen atoms in total. The Balaban J connectivity index is 2.68. The van der Waals surface area contributed by atoms with E-state index in [1.54, 1.807) is 13.2 Å². The number of rotatable bonds is 3. The number of thioether (sulfide) groups is 1. The molecule has 0 aliphatic carbocycles. The summed E-state index contributed by atoms with van der Waals surface area (Å²) in [5.41, 5.74) is 1.12. The van der Waals surface area contributed by atoms with Crippen molar-refractivity contribution in [2.24, 2.45) is 0 Å². The Morgan fingerprint density at radius 2 is 2.43 bits per heavy atom. The Morgan fingerprint density at radius 1 is 1.71 bits per heavy atom. The van der Waals surface area contributed by atoms with Gasteiger partial charge in [0.15, 0.2) is 0 Å². The van der Waals surface area contributed by atoms with Crippen molar-refractivity contribution in [2.75, 3.05) is 12.8 Å². The van der Waals surface area contributed by atoms with Crippen molar-refractivity contribution in [3.05, 3.63) is 22.3 Å². The molecular formula is C9H11BrN2OS. The summed E-state index contributed by atoms with van der Waals surface area (Å²) in [6.07, 6.45) is 1.74. The molecule has 76 valence electrons. The van der Waals surface area contributed by atoms with Crippen LogP contribution in [0.25, 0.3) is 0 Å². The van der Waals surface area contributed by atoms with Gasteiger partial charge < -0.3 is 5.32 Å². The highest BCUT2D eigenvalue weighted by Gasteiger charge is 2.06. The Hall–Kier alpha value is -0.550. The van der Waals surface area contributed by atoms with Crippen LogP contribution in [0.5, 0.6) is 0 Å². The number of carbonyl (C=O) groups is 1. The van der Waals surface area contributed by atoms with Gasteiger partial charge in [0.05, 0.1) is 10.2 Å². The third-order valence-corrected chi connectivity index (χ3v) is 3.92. The molecule has 0 saturated heterocycles. The van der Waals surface area contributed by atoms with Gasteiger partial charge in [0.25, 0.3) is 0 Å². The number of carbonyl (C=O) groups excluding carboxylic acids is 1. The van der Waals surface area contributed by atoms with Crippen LogP contribution in [0.1, 0.15) is 5.56 Å². The first-order valence-corrected chi connectivity index (χ1v) is 5.87. The lowest BCUT2D eigenvalue weighted by molar-refractivity contribution is -0.118. The average molecular weight is 275 g/mol. The van der Waals surface area contributed by atoms with Crippen LogP contribution in [-0.4, -0.2) is 23.7 Å². The molecular weight excluding hydrogens is 264 g/mol. The van der Waals surface area contributed by atoms with E-state index in [0.29, 0.717) is 5.75 Å². The molecule has 0 saturated carbocycles. The molecule has 0 radical (unpaired) electrons. The monoisotopic (exact) mass is 274 g/mol. The van der Waals surface area contributed by atoms with Crippen molar-refractivity contribution in [2.45, 2.75) is 11.9 Å². The second kappa shape index (κ2) is 5.36. The molecule has 0 fully saturated rings. The van der Waals surface area contributed by atoms with Gasteiger partial charge in [-0.3, -0.25) is 4.79 Å². The summed E-state index contributed by atoms with van der Waals surface area (Å²) in [6, 6.07) is 1.92. The third kappa shape index (κ3) is 2.99. The van der Waals surface area contributed by atoms with Crippen LogP contribution in [0.3, 0.4) is 0 Å². The zero-order chi connectivity index (χ0) is 10.6. The maximum absolute atomic E-state index is 11.0. The Bertz CT molecular complexity index is 344. The van der Waals surface area contributed by atoms with Gasteiger partial charge in [-0.25, -0.2) is 4.98 Å². The minimum Gasteiger partial charge on any atom is -0.358 e. The van der Waals surface area contributed by atoms with Crippen molar-refractivity contribution >= 4 is 33.6 Å². The molecule has 0 bridgehead atoms. The summed E-state index contributed by atoms with van der Waals surface area (Å²) < 4.78 is 0.967. The van der Waals surface area contributed by atoms with E-state index in [4.69, 9.17) is 0 Å². The zero-order valence-electron chi connectivity index (χ0n) is 8.00. The van der Waals surface area contributed by atoms with Crippen LogP contribution in [0.15, 0.2) is 21.8 Å². The van der Waals surface area contributed by atoms with Gasteiger partial charge in [-0.1, -0.05) is 11.8 Å². The van der Waals surface area contributed by atoms with E-state index in [9.17, 15) is 4.79 Å². The van der Waals surface area contributed by atoms with Crippen LogP contribution in [-0.2, 0) is 4.79 Å². The second-order valence-electron chi connectivity index (χ2n) is 2.71. The largest absolute Gasteiger partial charge is 0.358 e. The van der Waals surface area contributed by atoms with Crippen molar-refractivity contribution < 1.29 is 4.79 Å². The highest BCUT2D eigenvalue weighted by atomic mass is 79.9. The molecule has 1 aromatic heterocycles. The van der Waals surface area contributed by atoms with E-state index in [2.05, 4.69) is 26.2 Å². The van der Waals surface area contributed by atoms with Crippen molar-refractivity contribution in [1.29, 1.82) is 0 Å². The topological polar surface area (TPSA) is 42.0 Å². The van der Waals surface area contributed by atoms with Gasteiger partial charge >= 0.3 is 0 Å². The average Bonchev–Trinajstić information content (AvgIpc) is 2.20. The van der Waals surface area contributed by atoms with Gasteiger partial charge in [-0.15, -0.1) is 0 Å². The number of hydrogen-bond donors (Lipinski definition) is 1. The molecule has 5 heteroatoms. The molecule has 1 N–H and O–H groups in total. The zero-order valence-corrected chi connectivity index (χ0v) is 10.4. The summed E-state index contributed by atoms with van der Waals surface area (Å²) >= 11 is 4.86. The fourth-order valence-electron chi connectivity index (χ4n) is 0.822. The van der Waals surface area contributed by atoms with E-state index in [0.717, 1.165) is 15.1 Å². The lowest BCUT2D eigenvalue weighted by Gasteiger charge is -2.04. The van der Waals surface area contributed by atoms with Gasteiger partial charge in [-0.05, 0) is 34.5 Å². The molecule has 0 aromatic carbocycles. The van der Waals surface area contributed by atoms with Crippen LogP contribution in [0.2, 0.25) is 0 Å². The van der Waals surface area contributed by atoms with Crippen LogP contribution >= 0.6 is 27.7 Å². The molecule has 1 amide bonds. The number of halogens is 1. The Kier molecular flexibility index (Phi) is 4.41. The lowest BCUT2D eigenvalue weighted by atomic mass is 10.3. The predicted octanol–water partition coefficient (Wildman–Crippen LogP) is 1.99. The van der Waals surface area contributed by atoms with E-state index < -0.39 is 0 Å². The highest BCUT2D eigenvalue weighted by Crippen LogP contribution is 2.27. The number of amides is 1. The normalized spacial score (nSPS) is 9.93. The highest BCUT2D eigenvalue weighted by molar-refractivity contribution is 9.10. The molecule has 0 spiro atoms. The number of aryl methyl sites for hydroxylation is 1. The molecule has 1 rings (SSSR count). The number of pyridine rings is 1. The number of hydrogen-bond acceptors (Lipinski definition) is 3. The SMILES string of the molecule is CNC(=O)CSc1nccc(C)c1Br. The van der Waals surface area contributed by atoms with Gasteiger partial charge in [-0.2, -0.15) is 0 Å². The fourth-order valence-corrected chi connectivity index (χ4v) is 2.24. The summed E-state index contributed by atoms with van der Waals surface area (Å²) in [4.78, 5) is 15.2. The minimum atomic E-state index is 0.00482. The molecule has 1 heterocycles. The van der Waals surface area contributed by atoms with Gasteiger partial charge in [0.1, 0.15) is 5.03 Å². The van der Waals surface area contributed by atoms with E-state index in [-0.39, 0.29) is 5.91 Å². The molecule has 0 aliphatic rings. The second-order valence-corrected chi connectivity index (χ2v) is 4.47. The number of nitrogens with one attached hydrogen (secondary N) is 1. The quantitative estimate of drug-likeness (QED) is 0.858. The third-order valence-electron chi connectivity index (χ3n) is 1.67. The van der Waals surface area contributed by atoms with E-state index in [1.165, 1.54) is 11.8 Å². The summed E-state index contributed by atoms with van der Waals surface area (Å²) in [6.45, 7) is 2.00. The van der Waals surface area contributed by atoms with Crippen LogP contribution in [0, 0.1) is 6.92 Å². The molecule has 0 atom stereocenters. The Labute approximate surface area is 95.8 Å². The van der Waals surface area contributed by atoms with E-state index >= 15 is 0 Å². The summed E-state index contributed by atoms with van der Waals surface area (Å²) in [5, 5.41) is 3.42. The Morgan fingerprint density at radius 3 is 3.07 bits per heavy atom. The van der Waals surface area contributed by atoms with Crippen LogP contribution in [0.4, 0.5) is 0 Å². The standard InChI is InChI=1S/C9H11BrN2OS/c1-6-3-4-12-9(8(6)10)14-5-7(13)11-2/h3-4H,5H2,1-2H3,(H,11,13). The smallest absolute Gasteiger partial charge is 0.230 e.